The Labute approximate surface area is 129 Å². The molecule has 0 bridgehead atoms. The van der Waals surface area contributed by atoms with Gasteiger partial charge in [0.25, 0.3) is 0 Å². The molecule has 2 rings (SSSR count). The first-order valence-electron chi connectivity index (χ1n) is 6.20. The van der Waals surface area contributed by atoms with E-state index >= 15 is 0 Å². The summed E-state index contributed by atoms with van der Waals surface area (Å²) < 4.78 is 25.7. The Balaban J connectivity index is 2.33. The standard InChI is InChI=1S/C14H16ClN3O2S/c1-9-3-5-13(11(15)7-9)18-10-4-6-14(12(16)8-10)21(19,20)17-2/h3-8,17-18H,16H2,1-2H3. The minimum absolute atomic E-state index is 0.0468. The molecule has 2 aromatic rings. The molecule has 112 valence electrons. The maximum Gasteiger partial charge on any atom is 0.242 e. The summed E-state index contributed by atoms with van der Waals surface area (Å²) in [5.74, 6) is 0. The van der Waals surface area contributed by atoms with E-state index in [0.29, 0.717) is 10.7 Å². The number of nitrogens with two attached hydrogens (primary N) is 1. The summed E-state index contributed by atoms with van der Waals surface area (Å²) in [6, 6.07) is 10.3. The highest BCUT2D eigenvalue weighted by molar-refractivity contribution is 7.89. The van der Waals surface area contributed by atoms with Crippen molar-refractivity contribution in [3.05, 3.63) is 47.0 Å². The lowest BCUT2D eigenvalue weighted by Crippen LogP contribution is -2.19. The number of aryl methyl sites for hydroxylation is 1. The second-order valence-electron chi connectivity index (χ2n) is 4.57. The van der Waals surface area contributed by atoms with Crippen LogP contribution in [0.4, 0.5) is 17.1 Å². The van der Waals surface area contributed by atoms with Crippen molar-refractivity contribution in [1.29, 1.82) is 0 Å². The number of sulfonamides is 1. The van der Waals surface area contributed by atoms with Gasteiger partial charge in [0.15, 0.2) is 0 Å². The van der Waals surface area contributed by atoms with Gasteiger partial charge in [-0.15, -0.1) is 0 Å². The van der Waals surface area contributed by atoms with E-state index in [1.165, 1.54) is 13.1 Å². The smallest absolute Gasteiger partial charge is 0.242 e. The number of benzene rings is 2. The molecule has 0 spiro atoms. The summed E-state index contributed by atoms with van der Waals surface area (Å²) >= 11 is 6.15. The lowest BCUT2D eigenvalue weighted by atomic mass is 10.2. The fourth-order valence-electron chi connectivity index (χ4n) is 1.86. The second kappa shape index (κ2) is 5.93. The molecule has 0 aliphatic carbocycles. The molecule has 0 atom stereocenters. The summed E-state index contributed by atoms with van der Waals surface area (Å²) in [7, 11) is -2.22. The van der Waals surface area contributed by atoms with Gasteiger partial charge in [-0.1, -0.05) is 17.7 Å². The van der Waals surface area contributed by atoms with Crippen LogP contribution in [0.2, 0.25) is 5.02 Å². The summed E-state index contributed by atoms with van der Waals surface area (Å²) in [4.78, 5) is 0.0468. The molecule has 0 aromatic heterocycles. The quantitative estimate of drug-likeness (QED) is 0.755. The van der Waals surface area contributed by atoms with Crippen LogP contribution in [0.5, 0.6) is 0 Å². The topological polar surface area (TPSA) is 84.2 Å². The third-order valence-electron chi connectivity index (χ3n) is 2.97. The van der Waals surface area contributed by atoms with Crippen LogP contribution in [-0.2, 0) is 10.0 Å². The van der Waals surface area contributed by atoms with Crippen molar-refractivity contribution in [2.75, 3.05) is 18.1 Å². The molecular formula is C14H16ClN3O2S. The number of rotatable bonds is 4. The monoisotopic (exact) mass is 325 g/mol. The maximum atomic E-state index is 11.8. The number of anilines is 3. The molecule has 0 amide bonds. The van der Waals surface area contributed by atoms with E-state index in [2.05, 4.69) is 10.0 Å². The Hall–Kier alpha value is -1.76. The minimum atomic E-state index is -3.56. The Kier molecular flexibility index (Phi) is 4.41. The number of nitrogen functional groups attached to an aromatic ring is 1. The van der Waals surface area contributed by atoms with Crippen LogP contribution in [0.3, 0.4) is 0 Å². The van der Waals surface area contributed by atoms with E-state index in [0.717, 1.165) is 11.3 Å². The molecule has 4 N–H and O–H groups in total. The van der Waals surface area contributed by atoms with Crippen molar-refractivity contribution in [3.63, 3.8) is 0 Å². The van der Waals surface area contributed by atoms with E-state index in [4.69, 9.17) is 17.3 Å². The molecule has 0 aliphatic rings. The first-order valence-corrected chi connectivity index (χ1v) is 8.06. The first-order chi connectivity index (χ1) is 9.83. The zero-order chi connectivity index (χ0) is 15.6. The Morgan fingerprint density at radius 3 is 2.43 bits per heavy atom. The van der Waals surface area contributed by atoms with Crippen LogP contribution in [0, 0.1) is 6.92 Å². The van der Waals surface area contributed by atoms with Gasteiger partial charge in [0.2, 0.25) is 10.0 Å². The van der Waals surface area contributed by atoms with Gasteiger partial charge in [0, 0.05) is 5.69 Å². The summed E-state index contributed by atoms with van der Waals surface area (Å²) in [5.41, 5.74) is 8.42. The Morgan fingerprint density at radius 1 is 1.14 bits per heavy atom. The maximum absolute atomic E-state index is 11.8. The predicted molar refractivity (Wildman–Crippen MR) is 86.6 cm³/mol. The normalized spacial score (nSPS) is 11.4. The Bertz CT molecular complexity index is 776. The van der Waals surface area contributed by atoms with Gasteiger partial charge >= 0.3 is 0 Å². The third kappa shape index (κ3) is 3.47. The van der Waals surface area contributed by atoms with Crippen LogP contribution in [0.25, 0.3) is 0 Å². The van der Waals surface area contributed by atoms with E-state index in [-0.39, 0.29) is 10.6 Å². The van der Waals surface area contributed by atoms with Crippen LogP contribution in [-0.4, -0.2) is 15.5 Å². The fraction of sp³-hybridized carbons (Fsp3) is 0.143. The molecule has 0 unspecified atom stereocenters. The highest BCUT2D eigenvalue weighted by atomic mass is 35.5. The van der Waals surface area contributed by atoms with Gasteiger partial charge < -0.3 is 11.1 Å². The van der Waals surface area contributed by atoms with E-state index < -0.39 is 10.0 Å². The van der Waals surface area contributed by atoms with Gasteiger partial charge in [-0.3, -0.25) is 0 Å². The SMILES string of the molecule is CNS(=O)(=O)c1ccc(Nc2ccc(C)cc2Cl)cc1N. The van der Waals surface area contributed by atoms with Gasteiger partial charge in [-0.25, -0.2) is 13.1 Å². The van der Waals surface area contributed by atoms with Crippen molar-refractivity contribution in [3.8, 4) is 0 Å². The summed E-state index contributed by atoms with van der Waals surface area (Å²) in [6.07, 6.45) is 0. The number of halogens is 1. The third-order valence-corrected chi connectivity index (χ3v) is 4.77. The molecule has 21 heavy (non-hydrogen) atoms. The van der Waals surface area contributed by atoms with E-state index in [1.807, 2.05) is 25.1 Å². The summed E-state index contributed by atoms with van der Waals surface area (Å²) in [6.45, 7) is 1.95. The molecule has 0 fully saturated rings. The lowest BCUT2D eigenvalue weighted by Gasteiger charge is -2.12. The van der Waals surface area contributed by atoms with Crippen LogP contribution in [0.1, 0.15) is 5.56 Å². The Morgan fingerprint density at radius 2 is 1.86 bits per heavy atom. The van der Waals surface area contributed by atoms with Crippen LogP contribution in [0.15, 0.2) is 41.3 Å². The van der Waals surface area contributed by atoms with Gasteiger partial charge in [-0.2, -0.15) is 0 Å². The zero-order valence-corrected chi connectivity index (χ0v) is 13.2. The van der Waals surface area contributed by atoms with E-state index in [9.17, 15) is 8.42 Å². The van der Waals surface area contributed by atoms with Crippen LogP contribution < -0.4 is 15.8 Å². The van der Waals surface area contributed by atoms with Crippen molar-refractivity contribution >= 4 is 38.7 Å². The molecule has 2 aromatic carbocycles. The first kappa shape index (κ1) is 15.6. The second-order valence-corrected chi connectivity index (χ2v) is 6.83. The average molecular weight is 326 g/mol. The predicted octanol–water partition coefficient (Wildman–Crippen LogP) is 2.88. The number of hydrogen-bond acceptors (Lipinski definition) is 4. The van der Waals surface area contributed by atoms with Crippen molar-refractivity contribution in [2.24, 2.45) is 0 Å². The zero-order valence-electron chi connectivity index (χ0n) is 11.6. The van der Waals surface area contributed by atoms with Gasteiger partial charge in [-0.05, 0) is 49.9 Å². The highest BCUT2D eigenvalue weighted by Gasteiger charge is 2.15. The molecule has 0 radical (unpaired) electrons. The molecule has 0 saturated heterocycles. The number of nitrogens with one attached hydrogen (secondary N) is 2. The average Bonchev–Trinajstić information content (AvgIpc) is 2.42. The molecular weight excluding hydrogens is 310 g/mol. The van der Waals surface area contributed by atoms with Gasteiger partial charge in [0.05, 0.1) is 16.4 Å². The van der Waals surface area contributed by atoms with Crippen molar-refractivity contribution in [2.45, 2.75) is 11.8 Å². The fourth-order valence-corrected chi connectivity index (χ4v) is 2.98. The molecule has 0 heterocycles. The molecule has 0 saturated carbocycles. The van der Waals surface area contributed by atoms with Crippen molar-refractivity contribution < 1.29 is 8.42 Å². The number of hydrogen-bond donors (Lipinski definition) is 3. The molecule has 7 heteroatoms. The largest absolute Gasteiger partial charge is 0.398 e. The van der Waals surface area contributed by atoms with Gasteiger partial charge in [0.1, 0.15) is 4.90 Å². The van der Waals surface area contributed by atoms with Crippen molar-refractivity contribution in [1.82, 2.24) is 4.72 Å². The molecule has 5 nitrogen and oxygen atoms in total. The highest BCUT2D eigenvalue weighted by Crippen LogP contribution is 2.29. The van der Waals surface area contributed by atoms with E-state index in [1.54, 1.807) is 12.1 Å². The van der Waals surface area contributed by atoms with Crippen LogP contribution >= 0.6 is 11.6 Å². The lowest BCUT2D eigenvalue weighted by molar-refractivity contribution is 0.588. The summed E-state index contributed by atoms with van der Waals surface area (Å²) in [5, 5.41) is 3.69. The molecule has 0 aliphatic heterocycles. The minimum Gasteiger partial charge on any atom is -0.398 e.